The van der Waals surface area contributed by atoms with Crippen LogP contribution >= 0.6 is 0 Å². The minimum Gasteiger partial charge on any atom is -0.361 e. The number of alkyl halides is 1. The number of hydrogen-bond donors (Lipinski definition) is 0. The van der Waals surface area contributed by atoms with Gasteiger partial charge in [-0.15, -0.1) is 0 Å². The van der Waals surface area contributed by atoms with Crippen molar-refractivity contribution in [3.63, 3.8) is 0 Å². The summed E-state index contributed by atoms with van der Waals surface area (Å²) in [6.07, 6.45) is -1.24. The summed E-state index contributed by atoms with van der Waals surface area (Å²) in [5, 5.41) is 4.03. The molecular formula is C18H24FN5O2. The van der Waals surface area contributed by atoms with Crippen LogP contribution in [-0.2, 0) is 11.3 Å². The van der Waals surface area contributed by atoms with Crippen molar-refractivity contribution in [2.75, 3.05) is 26.2 Å². The third kappa shape index (κ3) is 2.96. The Balaban J connectivity index is 1.40. The quantitative estimate of drug-likeness (QED) is 0.820. The van der Waals surface area contributed by atoms with Gasteiger partial charge in [0, 0.05) is 38.3 Å². The van der Waals surface area contributed by atoms with Crippen molar-refractivity contribution in [3.8, 4) is 0 Å². The second kappa shape index (κ2) is 6.57. The summed E-state index contributed by atoms with van der Waals surface area (Å²) in [6.45, 7) is 10.2. The highest BCUT2D eigenvalue weighted by Gasteiger charge is 2.42. The Morgan fingerprint density at radius 3 is 2.42 bits per heavy atom. The monoisotopic (exact) mass is 361 g/mol. The van der Waals surface area contributed by atoms with Crippen molar-refractivity contribution in [3.05, 3.63) is 17.0 Å². The lowest BCUT2D eigenvalue weighted by molar-refractivity contribution is -0.120. The molecule has 0 radical (unpaired) electrons. The maximum Gasteiger partial charge on any atom is 0.289 e. The highest BCUT2D eigenvalue weighted by Crippen LogP contribution is 2.33. The molecule has 0 aromatic carbocycles. The fourth-order valence-corrected chi connectivity index (χ4v) is 4.24. The van der Waals surface area contributed by atoms with E-state index < -0.39 is 12.1 Å². The number of aliphatic imine (C=N–C) groups is 2. The number of carbonyl (C=O) groups excluding carboxylic acids is 1. The summed E-state index contributed by atoms with van der Waals surface area (Å²) in [5.74, 6) is 1.59. The van der Waals surface area contributed by atoms with E-state index in [1.165, 1.54) is 5.56 Å². The van der Waals surface area contributed by atoms with E-state index in [1.807, 2.05) is 25.7 Å². The van der Waals surface area contributed by atoms with Gasteiger partial charge in [-0.3, -0.25) is 9.69 Å². The SMILES string of the molecule is CCC1=NC(N2CC3CN(Cc4c(C)noc4C)CC3C2)=NC(=O)C1F. The van der Waals surface area contributed by atoms with Crippen LogP contribution in [0.25, 0.3) is 0 Å². The van der Waals surface area contributed by atoms with E-state index in [0.717, 1.165) is 44.2 Å². The molecule has 0 bridgehead atoms. The van der Waals surface area contributed by atoms with Crippen molar-refractivity contribution in [2.45, 2.75) is 39.9 Å². The van der Waals surface area contributed by atoms with Gasteiger partial charge in [0.05, 0.1) is 11.4 Å². The van der Waals surface area contributed by atoms with Gasteiger partial charge in [0.1, 0.15) is 5.76 Å². The summed E-state index contributed by atoms with van der Waals surface area (Å²) >= 11 is 0. The molecule has 3 atom stereocenters. The van der Waals surface area contributed by atoms with Crippen LogP contribution in [0.5, 0.6) is 0 Å². The van der Waals surface area contributed by atoms with Crippen molar-refractivity contribution in [1.82, 2.24) is 15.0 Å². The molecule has 3 unspecified atom stereocenters. The fourth-order valence-electron chi connectivity index (χ4n) is 4.24. The Morgan fingerprint density at radius 2 is 1.85 bits per heavy atom. The van der Waals surface area contributed by atoms with Gasteiger partial charge in [0.15, 0.2) is 0 Å². The first kappa shape index (κ1) is 17.3. The lowest BCUT2D eigenvalue weighted by Crippen LogP contribution is -2.38. The van der Waals surface area contributed by atoms with E-state index in [4.69, 9.17) is 4.52 Å². The van der Waals surface area contributed by atoms with Crippen LogP contribution in [0.4, 0.5) is 4.39 Å². The Hall–Kier alpha value is -2.09. The van der Waals surface area contributed by atoms with E-state index in [0.29, 0.717) is 24.2 Å². The van der Waals surface area contributed by atoms with Gasteiger partial charge in [-0.1, -0.05) is 12.1 Å². The van der Waals surface area contributed by atoms with E-state index >= 15 is 0 Å². The Labute approximate surface area is 151 Å². The number of fused-ring (bicyclic) bond motifs is 1. The summed E-state index contributed by atoms with van der Waals surface area (Å²) < 4.78 is 19.1. The van der Waals surface area contributed by atoms with Gasteiger partial charge in [0.25, 0.3) is 5.91 Å². The summed E-state index contributed by atoms with van der Waals surface area (Å²) in [4.78, 5) is 24.4. The highest BCUT2D eigenvalue weighted by atomic mass is 19.1. The van der Waals surface area contributed by atoms with Crippen molar-refractivity contribution in [1.29, 1.82) is 0 Å². The molecule has 7 nitrogen and oxygen atoms in total. The van der Waals surface area contributed by atoms with E-state index in [1.54, 1.807) is 0 Å². The van der Waals surface area contributed by atoms with Gasteiger partial charge in [0.2, 0.25) is 12.1 Å². The number of carbonyl (C=O) groups is 1. The lowest BCUT2D eigenvalue weighted by atomic mass is 10.0. The molecule has 0 aliphatic carbocycles. The number of hydrogen-bond acceptors (Lipinski definition) is 6. The van der Waals surface area contributed by atoms with Crippen LogP contribution in [0.3, 0.4) is 0 Å². The van der Waals surface area contributed by atoms with Crippen LogP contribution in [0.15, 0.2) is 14.5 Å². The molecule has 2 fully saturated rings. The van der Waals surface area contributed by atoms with Gasteiger partial charge in [-0.25, -0.2) is 9.38 Å². The zero-order valence-corrected chi connectivity index (χ0v) is 15.4. The summed E-state index contributed by atoms with van der Waals surface area (Å²) in [7, 11) is 0. The second-order valence-electron chi connectivity index (χ2n) is 7.49. The molecule has 0 saturated carbocycles. The number of halogens is 1. The van der Waals surface area contributed by atoms with Gasteiger partial charge >= 0.3 is 0 Å². The van der Waals surface area contributed by atoms with Crippen LogP contribution < -0.4 is 0 Å². The van der Waals surface area contributed by atoms with Crippen LogP contribution in [0.1, 0.15) is 30.4 Å². The Morgan fingerprint density at radius 1 is 1.15 bits per heavy atom. The highest BCUT2D eigenvalue weighted by molar-refractivity contribution is 6.17. The molecule has 2 saturated heterocycles. The van der Waals surface area contributed by atoms with Crippen LogP contribution in [0, 0.1) is 25.7 Å². The summed E-state index contributed by atoms with van der Waals surface area (Å²) in [5.41, 5.74) is 2.42. The fraction of sp³-hybridized carbons (Fsp3) is 0.667. The molecule has 26 heavy (non-hydrogen) atoms. The van der Waals surface area contributed by atoms with Crippen molar-refractivity contribution >= 4 is 17.6 Å². The van der Waals surface area contributed by atoms with Crippen LogP contribution in [0.2, 0.25) is 0 Å². The molecule has 4 heterocycles. The normalized spacial score (nSPS) is 29.2. The number of aryl methyl sites for hydroxylation is 2. The second-order valence-corrected chi connectivity index (χ2v) is 7.49. The number of likely N-dealkylation sites (tertiary alicyclic amines) is 2. The number of aromatic nitrogens is 1. The van der Waals surface area contributed by atoms with E-state index in [-0.39, 0.29) is 5.71 Å². The minimum atomic E-state index is -1.67. The van der Waals surface area contributed by atoms with Gasteiger partial charge < -0.3 is 9.42 Å². The van der Waals surface area contributed by atoms with E-state index in [2.05, 4.69) is 20.0 Å². The van der Waals surface area contributed by atoms with Crippen molar-refractivity contribution in [2.24, 2.45) is 21.8 Å². The van der Waals surface area contributed by atoms with E-state index in [9.17, 15) is 9.18 Å². The smallest absolute Gasteiger partial charge is 0.289 e. The standard InChI is InChI=1S/C18H24FN5O2/c1-4-15-16(19)17(25)21-18(20-15)24-7-12-5-23(6-13(12)8-24)9-14-10(2)22-26-11(14)3/h12-13,16H,4-9H2,1-3H3. The third-order valence-corrected chi connectivity index (χ3v) is 5.73. The van der Waals surface area contributed by atoms with Crippen molar-refractivity contribution < 1.29 is 13.7 Å². The zero-order chi connectivity index (χ0) is 18.4. The molecule has 3 aliphatic rings. The molecular weight excluding hydrogens is 337 g/mol. The van der Waals surface area contributed by atoms with Gasteiger partial charge in [-0.05, 0) is 32.1 Å². The number of rotatable bonds is 3. The lowest BCUT2D eigenvalue weighted by Gasteiger charge is -2.24. The molecule has 1 aromatic heterocycles. The predicted octanol–water partition coefficient (Wildman–Crippen LogP) is 1.74. The predicted molar refractivity (Wildman–Crippen MR) is 94.9 cm³/mol. The minimum absolute atomic E-state index is 0.289. The molecule has 140 valence electrons. The third-order valence-electron chi connectivity index (χ3n) is 5.73. The van der Waals surface area contributed by atoms with Crippen LogP contribution in [-0.4, -0.2) is 64.9 Å². The Bertz CT molecular complexity index is 753. The first-order valence-electron chi connectivity index (χ1n) is 9.19. The molecule has 3 aliphatic heterocycles. The number of guanidine groups is 1. The first-order chi connectivity index (χ1) is 12.5. The molecule has 1 aromatic rings. The maximum absolute atomic E-state index is 13.8. The maximum atomic E-state index is 13.8. The number of nitrogens with zero attached hydrogens (tertiary/aromatic N) is 5. The summed E-state index contributed by atoms with van der Waals surface area (Å²) in [6, 6.07) is 0. The molecule has 0 spiro atoms. The Kier molecular flexibility index (Phi) is 4.38. The molecule has 4 rings (SSSR count). The average molecular weight is 361 g/mol. The number of amides is 1. The molecule has 0 N–H and O–H groups in total. The average Bonchev–Trinajstić information content (AvgIpc) is 3.26. The largest absolute Gasteiger partial charge is 0.361 e. The molecule has 8 heteroatoms. The topological polar surface area (TPSA) is 74.3 Å². The van der Waals surface area contributed by atoms with Gasteiger partial charge in [-0.2, -0.15) is 4.99 Å². The first-order valence-corrected chi connectivity index (χ1v) is 9.19. The zero-order valence-electron chi connectivity index (χ0n) is 15.4. The molecule has 1 amide bonds.